The van der Waals surface area contributed by atoms with Gasteiger partial charge in [0.05, 0.1) is 10.6 Å². The Kier molecular flexibility index (Phi) is 5.22. The highest BCUT2D eigenvalue weighted by atomic mass is 35.5. The smallest absolute Gasteiger partial charge is 0.261 e. The van der Waals surface area contributed by atoms with Gasteiger partial charge in [-0.2, -0.15) is 0 Å². The Hall–Kier alpha value is -1.56. The number of aliphatic hydroxyl groups excluding tert-OH is 1. The van der Waals surface area contributed by atoms with Crippen molar-refractivity contribution in [1.29, 1.82) is 0 Å². The molecule has 0 aliphatic carbocycles. The third kappa shape index (κ3) is 4.46. The van der Waals surface area contributed by atoms with E-state index in [4.69, 9.17) is 16.7 Å². The number of halogens is 1. The van der Waals surface area contributed by atoms with Gasteiger partial charge in [0, 0.05) is 11.6 Å². The molecular weight excluding hydrogens is 310 g/mol. The highest BCUT2D eigenvalue weighted by molar-refractivity contribution is 7.92. The summed E-state index contributed by atoms with van der Waals surface area (Å²) in [5, 5.41) is 9.25. The summed E-state index contributed by atoms with van der Waals surface area (Å²) >= 11 is 5.83. The van der Waals surface area contributed by atoms with Gasteiger partial charge in [-0.25, -0.2) is 8.42 Å². The quantitative estimate of drug-likeness (QED) is 0.857. The Morgan fingerprint density at radius 1 is 1.10 bits per heavy atom. The highest BCUT2D eigenvalue weighted by Gasteiger charge is 2.14. The fourth-order valence-electron chi connectivity index (χ4n) is 1.88. The minimum absolute atomic E-state index is 0.121. The van der Waals surface area contributed by atoms with Crippen LogP contribution in [0.2, 0.25) is 5.02 Å². The lowest BCUT2D eigenvalue weighted by Crippen LogP contribution is -2.12. The molecule has 0 spiro atoms. The number of sulfonamides is 1. The Bertz CT molecular complexity index is 699. The lowest BCUT2D eigenvalue weighted by molar-refractivity contribution is 0.288. The molecule has 0 fully saturated rings. The Balaban J connectivity index is 2.15. The van der Waals surface area contributed by atoms with Crippen LogP contribution in [-0.2, 0) is 16.4 Å². The Morgan fingerprint density at radius 3 is 2.43 bits per heavy atom. The van der Waals surface area contributed by atoms with Gasteiger partial charge in [0.15, 0.2) is 0 Å². The van der Waals surface area contributed by atoms with Crippen LogP contribution in [0.1, 0.15) is 12.0 Å². The average molecular weight is 326 g/mol. The van der Waals surface area contributed by atoms with E-state index in [1.54, 1.807) is 48.5 Å². The molecule has 0 bridgehead atoms. The van der Waals surface area contributed by atoms with Gasteiger partial charge >= 0.3 is 0 Å². The van der Waals surface area contributed by atoms with Crippen LogP contribution in [0.25, 0.3) is 0 Å². The fraction of sp³-hybridized carbons (Fsp3) is 0.200. The first-order valence-corrected chi connectivity index (χ1v) is 8.35. The van der Waals surface area contributed by atoms with Crippen molar-refractivity contribution < 1.29 is 13.5 Å². The second-order valence-electron chi connectivity index (χ2n) is 4.59. The van der Waals surface area contributed by atoms with Crippen LogP contribution in [0.3, 0.4) is 0 Å². The summed E-state index contributed by atoms with van der Waals surface area (Å²) in [5.41, 5.74) is 1.41. The molecule has 0 aliphatic rings. The van der Waals surface area contributed by atoms with Crippen molar-refractivity contribution in [1.82, 2.24) is 0 Å². The molecule has 0 unspecified atom stereocenters. The van der Waals surface area contributed by atoms with Gasteiger partial charge in [0.2, 0.25) is 0 Å². The number of hydrogen-bond acceptors (Lipinski definition) is 3. The average Bonchev–Trinajstić information content (AvgIpc) is 2.45. The summed E-state index contributed by atoms with van der Waals surface area (Å²) in [4.78, 5) is 0.190. The number of aliphatic hydroxyl groups is 1. The third-order valence-electron chi connectivity index (χ3n) is 2.93. The number of rotatable bonds is 6. The standard InChI is InChI=1S/C15H16ClNO3S/c16-13-4-1-5-14(11-13)17-21(19,20)15-8-6-12(7-9-15)3-2-10-18/h1,4-9,11,17-18H,2-3,10H2. The normalized spacial score (nSPS) is 11.3. The van der Waals surface area contributed by atoms with E-state index >= 15 is 0 Å². The zero-order chi connectivity index (χ0) is 15.3. The molecule has 21 heavy (non-hydrogen) atoms. The Labute approximate surface area is 129 Å². The summed E-state index contributed by atoms with van der Waals surface area (Å²) < 4.78 is 27.0. The highest BCUT2D eigenvalue weighted by Crippen LogP contribution is 2.20. The predicted octanol–water partition coefficient (Wildman–Crippen LogP) is 3.07. The van der Waals surface area contributed by atoms with E-state index in [9.17, 15) is 8.42 Å². The molecule has 112 valence electrons. The molecule has 0 saturated carbocycles. The van der Waals surface area contributed by atoms with Gasteiger partial charge in [-0.15, -0.1) is 0 Å². The minimum atomic E-state index is -3.63. The second kappa shape index (κ2) is 6.93. The lowest BCUT2D eigenvalue weighted by atomic mass is 10.1. The van der Waals surface area contributed by atoms with E-state index in [2.05, 4.69) is 4.72 Å². The van der Waals surface area contributed by atoms with E-state index in [0.717, 1.165) is 12.0 Å². The first kappa shape index (κ1) is 15.8. The maximum Gasteiger partial charge on any atom is 0.261 e. The maximum absolute atomic E-state index is 12.2. The maximum atomic E-state index is 12.2. The SMILES string of the molecule is O=S(=O)(Nc1cccc(Cl)c1)c1ccc(CCCO)cc1. The lowest BCUT2D eigenvalue weighted by Gasteiger charge is -2.09. The van der Waals surface area contributed by atoms with Crippen LogP contribution in [0.5, 0.6) is 0 Å². The van der Waals surface area contributed by atoms with Crippen molar-refractivity contribution in [2.75, 3.05) is 11.3 Å². The molecule has 0 atom stereocenters. The van der Waals surface area contributed by atoms with Crippen molar-refractivity contribution in [3.05, 3.63) is 59.1 Å². The summed E-state index contributed by atoms with van der Waals surface area (Å²) in [7, 11) is -3.63. The monoisotopic (exact) mass is 325 g/mol. The van der Waals surface area contributed by atoms with Crippen molar-refractivity contribution in [2.45, 2.75) is 17.7 Å². The van der Waals surface area contributed by atoms with Crippen molar-refractivity contribution in [3.8, 4) is 0 Å². The molecule has 0 heterocycles. The zero-order valence-electron chi connectivity index (χ0n) is 11.3. The summed E-state index contributed by atoms with van der Waals surface area (Å²) in [6, 6.07) is 13.2. The molecule has 2 N–H and O–H groups in total. The van der Waals surface area contributed by atoms with Gasteiger partial charge in [0.25, 0.3) is 10.0 Å². The third-order valence-corrected chi connectivity index (χ3v) is 4.57. The van der Waals surface area contributed by atoms with Gasteiger partial charge in [-0.1, -0.05) is 29.8 Å². The number of hydrogen-bond donors (Lipinski definition) is 2. The molecule has 0 aliphatic heterocycles. The van der Waals surface area contributed by atoms with E-state index in [1.165, 1.54) is 0 Å². The van der Waals surface area contributed by atoms with E-state index in [1.807, 2.05) is 0 Å². The molecule has 6 heteroatoms. The molecule has 0 saturated heterocycles. The van der Waals surface area contributed by atoms with Crippen LogP contribution in [0.4, 0.5) is 5.69 Å². The van der Waals surface area contributed by atoms with Gasteiger partial charge < -0.3 is 5.11 Å². The Morgan fingerprint density at radius 2 is 1.81 bits per heavy atom. The molecule has 0 radical (unpaired) electrons. The number of benzene rings is 2. The predicted molar refractivity (Wildman–Crippen MR) is 84.1 cm³/mol. The van der Waals surface area contributed by atoms with Crippen LogP contribution in [0.15, 0.2) is 53.4 Å². The summed E-state index contributed by atoms with van der Waals surface area (Å²) in [6.07, 6.45) is 1.38. The summed E-state index contributed by atoms with van der Waals surface area (Å²) in [5.74, 6) is 0. The van der Waals surface area contributed by atoms with Gasteiger partial charge in [-0.3, -0.25) is 4.72 Å². The molecule has 0 amide bonds. The van der Waals surface area contributed by atoms with Crippen LogP contribution >= 0.6 is 11.6 Å². The molecule has 2 aromatic rings. The van der Waals surface area contributed by atoms with Crippen LogP contribution < -0.4 is 4.72 Å². The first-order valence-electron chi connectivity index (χ1n) is 6.49. The van der Waals surface area contributed by atoms with Gasteiger partial charge in [0.1, 0.15) is 0 Å². The molecular formula is C15H16ClNO3S. The van der Waals surface area contributed by atoms with Crippen molar-refractivity contribution in [2.24, 2.45) is 0 Å². The summed E-state index contributed by atoms with van der Waals surface area (Å²) in [6.45, 7) is 0.121. The van der Waals surface area contributed by atoms with Crippen molar-refractivity contribution >= 4 is 27.3 Å². The molecule has 2 rings (SSSR count). The van der Waals surface area contributed by atoms with Crippen molar-refractivity contribution in [3.63, 3.8) is 0 Å². The van der Waals surface area contributed by atoms with E-state index in [-0.39, 0.29) is 11.5 Å². The zero-order valence-corrected chi connectivity index (χ0v) is 12.9. The molecule has 2 aromatic carbocycles. The first-order chi connectivity index (χ1) is 10.0. The topological polar surface area (TPSA) is 66.4 Å². The van der Waals surface area contributed by atoms with Crippen LogP contribution in [-0.4, -0.2) is 20.1 Å². The van der Waals surface area contributed by atoms with Crippen LogP contribution in [0, 0.1) is 0 Å². The molecule has 4 nitrogen and oxygen atoms in total. The fourth-order valence-corrected chi connectivity index (χ4v) is 3.12. The molecule has 0 aromatic heterocycles. The second-order valence-corrected chi connectivity index (χ2v) is 6.71. The largest absolute Gasteiger partial charge is 0.396 e. The minimum Gasteiger partial charge on any atom is -0.396 e. The van der Waals surface area contributed by atoms with Gasteiger partial charge in [-0.05, 0) is 48.7 Å². The number of anilines is 1. The van der Waals surface area contributed by atoms with E-state index in [0.29, 0.717) is 17.1 Å². The van der Waals surface area contributed by atoms with E-state index < -0.39 is 10.0 Å². The number of aryl methyl sites for hydroxylation is 1. The number of nitrogens with one attached hydrogen (secondary N) is 1.